The molecule has 21 heavy (non-hydrogen) atoms. The highest BCUT2D eigenvalue weighted by atomic mass is 35.5. The minimum atomic E-state index is 0.245. The molecule has 3 nitrogen and oxygen atoms in total. The molecule has 1 aromatic heterocycles. The molecule has 0 fully saturated rings. The number of aromatic hydroxyl groups is 1. The molecule has 3 aromatic rings. The number of hydrogen-bond acceptors (Lipinski definition) is 2. The predicted octanol–water partition coefficient (Wildman–Crippen LogP) is 4.61. The van der Waals surface area contributed by atoms with Crippen molar-refractivity contribution in [3.05, 3.63) is 70.6 Å². The standard InChI is InChI=1S/C16H12Cl2N2O/c17-14-6-1-11(7-15(14)18)9-20-10-19-8-16(20)12-2-4-13(21)5-3-12/h1-8,10,21H,9H2. The number of aromatic nitrogens is 2. The zero-order chi connectivity index (χ0) is 14.8. The molecule has 2 aromatic carbocycles. The van der Waals surface area contributed by atoms with Crippen LogP contribution in [0.15, 0.2) is 55.0 Å². The Balaban J connectivity index is 1.92. The van der Waals surface area contributed by atoms with Gasteiger partial charge in [0.25, 0.3) is 0 Å². The Bertz CT molecular complexity index is 766. The maximum Gasteiger partial charge on any atom is 0.115 e. The Morgan fingerprint density at radius 2 is 1.76 bits per heavy atom. The van der Waals surface area contributed by atoms with Crippen molar-refractivity contribution in [3.63, 3.8) is 0 Å². The summed E-state index contributed by atoms with van der Waals surface area (Å²) in [7, 11) is 0. The zero-order valence-corrected chi connectivity index (χ0v) is 12.5. The molecule has 0 aliphatic heterocycles. The molecular formula is C16H12Cl2N2O. The predicted molar refractivity (Wildman–Crippen MR) is 84.9 cm³/mol. The van der Waals surface area contributed by atoms with Gasteiger partial charge in [0.15, 0.2) is 0 Å². The summed E-state index contributed by atoms with van der Waals surface area (Å²) in [4.78, 5) is 4.20. The van der Waals surface area contributed by atoms with Crippen LogP contribution in [0.5, 0.6) is 5.75 Å². The van der Waals surface area contributed by atoms with Crippen molar-refractivity contribution in [1.29, 1.82) is 0 Å². The van der Waals surface area contributed by atoms with Crippen LogP contribution >= 0.6 is 23.2 Å². The second-order valence-corrected chi connectivity index (χ2v) is 5.52. The van der Waals surface area contributed by atoms with Crippen LogP contribution in [0.3, 0.4) is 0 Å². The van der Waals surface area contributed by atoms with Gasteiger partial charge in [-0.05, 0) is 42.0 Å². The lowest BCUT2D eigenvalue weighted by atomic mass is 10.1. The molecule has 0 aliphatic carbocycles. The summed E-state index contributed by atoms with van der Waals surface area (Å²) in [5.74, 6) is 0.245. The van der Waals surface area contributed by atoms with E-state index in [-0.39, 0.29) is 5.75 Å². The number of benzene rings is 2. The van der Waals surface area contributed by atoms with Crippen molar-refractivity contribution in [1.82, 2.24) is 9.55 Å². The minimum absolute atomic E-state index is 0.245. The molecule has 0 amide bonds. The topological polar surface area (TPSA) is 38.1 Å². The SMILES string of the molecule is Oc1ccc(-c2cncn2Cc2ccc(Cl)c(Cl)c2)cc1. The summed E-state index contributed by atoms with van der Waals surface area (Å²) in [6.45, 7) is 0.646. The maximum atomic E-state index is 9.37. The normalized spacial score (nSPS) is 10.8. The number of hydrogen-bond donors (Lipinski definition) is 1. The average Bonchev–Trinajstić information content (AvgIpc) is 2.92. The number of rotatable bonds is 3. The van der Waals surface area contributed by atoms with Crippen LogP contribution < -0.4 is 0 Å². The lowest BCUT2D eigenvalue weighted by molar-refractivity contribution is 0.475. The monoisotopic (exact) mass is 318 g/mol. The maximum absolute atomic E-state index is 9.37. The van der Waals surface area contributed by atoms with E-state index in [1.807, 2.05) is 28.8 Å². The summed E-state index contributed by atoms with van der Waals surface area (Å²) < 4.78 is 2.02. The number of nitrogens with zero attached hydrogens (tertiary/aromatic N) is 2. The lowest BCUT2D eigenvalue weighted by Crippen LogP contribution is -2.00. The number of phenolic OH excluding ortho intramolecular Hbond substituents is 1. The van der Waals surface area contributed by atoms with Gasteiger partial charge >= 0.3 is 0 Å². The third kappa shape index (κ3) is 3.04. The smallest absolute Gasteiger partial charge is 0.115 e. The van der Waals surface area contributed by atoms with Crippen molar-refractivity contribution in [2.24, 2.45) is 0 Å². The summed E-state index contributed by atoms with van der Waals surface area (Å²) in [6, 6.07) is 12.6. The average molecular weight is 319 g/mol. The first-order valence-electron chi connectivity index (χ1n) is 6.37. The Morgan fingerprint density at radius 3 is 2.48 bits per heavy atom. The first kappa shape index (κ1) is 14.0. The summed E-state index contributed by atoms with van der Waals surface area (Å²) in [6.07, 6.45) is 3.56. The number of phenols is 1. The highest BCUT2D eigenvalue weighted by Gasteiger charge is 2.07. The van der Waals surface area contributed by atoms with Crippen LogP contribution in [0, 0.1) is 0 Å². The largest absolute Gasteiger partial charge is 0.508 e. The first-order chi connectivity index (χ1) is 10.1. The van der Waals surface area contributed by atoms with E-state index < -0.39 is 0 Å². The molecule has 0 aliphatic rings. The van der Waals surface area contributed by atoms with E-state index in [1.165, 1.54) is 0 Å². The molecule has 0 saturated carbocycles. The molecule has 0 atom stereocenters. The van der Waals surface area contributed by atoms with Crippen LogP contribution in [0.1, 0.15) is 5.56 Å². The molecule has 1 N–H and O–H groups in total. The summed E-state index contributed by atoms with van der Waals surface area (Å²) >= 11 is 12.0. The molecule has 106 valence electrons. The Kier molecular flexibility index (Phi) is 3.86. The highest BCUT2D eigenvalue weighted by molar-refractivity contribution is 6.42. The van der Waals surface area contributed by atoms with Gasteiger partial charge in [0.05, 0.1) is 28.3 Å². The summed E-state index contributed by atoms with van der Waals surface area (Å²) in [5.41, 5.74) is 3.01. The third-order valence-corrected chi connectivity index (χ3v) is 3.95. The second kappa shape index (κ2) is 5.80. The Morgan fingerprint density at radius 1 is 1.00 bits per heavy atom. The fourth-order valence-corrected chi connectivity index (χ4v) is 2.47. The molecule has 0 radical (unpaired) electrons. The van der Waals surface area contributed by atoms with Crippen LogP contribution in [0.4, 0.5) is 0 Å². The zero-order valence-electron chi connectivity index (χ0n) is 11.0. The van der Waals surface area contributed by atoms with E-state index in [1.54, 1.807) is 30.7 Å². The van der Waals surface area contributed by atoms with E-state index in [4.69, 9.17) is 23.2 Å². The fraction of sp³-hybridized carbons (Fsp3) is 0.0625. The molecule has 0 saturated heterocycles. The third-order valence-electron chi connectivity index (χ3n) is 3.21. The van der Waals surface area contributed by atoms with E-state index >= 15 is 0 Å². The van der Waals surface area contributed by atoms with Crippen LogP contribution in [-0.4, -0.2) is 14.7 Å². The highest BCUT2D eigenvalue weighted by Crippen LogP contribution is 2.25. The second-order valence-electron chi connectivity index (χ2n) is 4.70. The molecule has 3 rings (SSSR count). The van der Waals surface area contributed by atoms with Gasteiger partial charge < -0.3 is 9.67 Å². The quantitative estimate of drug-likeness (QED) is 0.765. The van der Waals surface area contributed by atoms with E-state index in [0.717, 1.165) is 16.8 Å². The van der Waals surface area contributed by atoms with Crippen LogP contribution in [-0.2, 0) is 6.54 Å². The van der Waals surface area contributed by atoms with Gasteiger partial charge in [-0.3, -0.25) is 0 Å². The van der Waals surface area contributed by atoms with Gasteiger partial charge in [-0.1, -0.05) is 29.3 Å². The van der Waals surface area contributed by atoms with Crippen molar-refractivity contribution < 1.29 is 5.11 Å². The van der Waals surface area contributed by atoms with Gasteiger partial charge in [0, 0.05) is 12.1 Å². The van der Waals surface area contributed by atoms with Gasteiger partial charge in [0.1, 0.15) is 5.75 Å². The fourth-order valence-electron chi connectivity index (χ4n) is 2.15. The molecule has 0 bridgehead atoms. The van der Waals surface area contributed by atoms with E-state index in [9.17, 15) is 5.11 Å². The molecule has 5 heteroatoms. The van der Waals surface area contributed by atoms with Crippen molar-refractivity contribution >= 4 is 23.2 Å². The molecular weight excluding hydrogens is 307 g/mol. The molecule has 1 heterocycles. The number of imidazole rings is 1. The lowest BCUT2D eigenvalue weighted by Gasteiger charge is -2.09. The van der Waals surface area contributed by atoms with Crippen LogP contribution in [0.2, 0.25) is 10.0 Å². The first-order valence-corrected chi connectivity index (χ1v) is 7.12. The molecule has 0 spiro atoms. The van der Waals surface area contributed by atoms with Crippen molar-refractivity contribution in [2.45, 2.75) is 6.54 Å². The minimum Gasteiger partial charge on any atom is -0.508 e. The molecule has 0 unspecified atom stereocenters. The van der Waals surface area contributed by atoms with Crippen LogP contribution in [0.25, 0.3) is 11.3 Å². The van der Waals surface area contributed by atoms with E-state index in [0.29, 0.717) is 16.6 Å². The van der Waals surface area contributed by atoms with Gasteiger partial charge in [-0.2, -0.15) is 0 Å². The number of halogens is 2. The Hall–Kier alpha value is -1.97. The van der Waals surface area contributed by atoms with Crippen molar-refractivity contribution in [3.8, 4) is 17.0 Å². The van der Waals surface area contributed by atoms with Gasteiger partial charge in [0.2, 0.25) is 0 Å². The summed E-state index contributed by atoms with van der Waals surface area (Å²) in [5, 5.41) is 10.5. The van der Waals surface area contributed by atoms with Gasteiger partial charge in [-0.15, -0.1) is 0 Å². The van der Waals surface area contributed by atoms with E-state index in [2.05, 4.69) is 4.98 Å². The Labute approximate surface area is 132 Å². The van der Waals surface area contributed by atoms with Crippen molar-refractivity contribution in [2.75, 3.05) is 0 Å². The van der Waals surface area contributed by atoms with Gasteiger partial charge in [-0.25, -0.2) is 4.98 Å².